The van der Waals surface area contributed by atoms with Crippen LogP contribution in [0, 0.1) is 6.92 Å². The van der Waals surface area contributed by atoms with Crippen LogP contribution in [-0.2, 0) is 6.54 Å². The van der Waals surface area contributed by atoms with Crippen LogP contribution in [0.15, 0.2) is 0 Å². The largest absolute Gasteiger partial charge is 0.324 e. The summed E-state index contributed by atoms with van der Waals surface area (Å²) in [6, 6.07) is 0. The van der Waals surface area contributed by atoms with Crippen LogP contribution in [-0.4, -0.2) is 19.8 Å². The van der Waals surface area contributed by atoms with Crippen molar-refractivity contribution in [3.05, 3.63) is 10.8 Å². The Labute approximate surface area is 66.9 Å². The highest BCUT2D eigenvalue weighted by Crippen LogP contribution is 2.11. The first-order valence-corrected chi connectivity index (χ1v) is 4.00. The van der Waals surface area contributed by atoms with Gasteiger partial charge in [0, 0.05) is 0 Å². The number of hydrogen-bond acceptors (Lipinski definition) is 5. The van der Waals surface area contributed by atoms with Gasteiger partial charge in [-0.1, -0.05) is 11.3 Å². The number of nitrogens with two attached hydrogens (primary N) is 1. The van der Waals surface area contributed by atoms with Gasteiger partial charge in [-0.05, 0) is 6.92 Å². The molecule has 58 valence electrons. The molecule has 0 aliphatic carbocycles. The topological polar surface area (TPSA) is 69.1 Å². The molecule has 0 amide bonds. The average Bonchev–Trinajstić information content (AvgIpc) is 2.45. The van der Waals surface area contributed by atoms with Gasteiger partial charge in [-0.3, -0.25) is 0 Å². The van der Waals surface area contributed by atoms with E-state index >= 15 is 0 Å². The van der Waals surface area contributed by atoms with E-state index in [4.69, 9.17) is 5.73 Å². The molecular weight excluding hydrogens is 162 g/mol. The Balaban J connectivity index is 2.73. The third-order valence-corrected chi connectivity index (χ3v) is 2.15. The average molecular weight is 169 g/mol. The summed E-state index contributed by atoms with van der Waals surface area (Å²) in [4.78, 5) is 0.808. The molecule has 0 saturated heterocycles. The molecule has 0 aliphatic rings. The highest BCUT2D eigenvalue weighted by molar-refractivity contribution is 7.16. The molecular formula is C5H7N5S. The van der Waals surface area contributed by atoms with E-state index in [9.17, 15) is 0 Å². The number of aromatic nitrogens is 4. The summed E-state index contributed by atoms with van der Waals surface area (Å²) in [6.45, 7) is 2.31. The number of nitrogens with zero attached hydrogens (tertiary/aromatic N) is 4. The van der Waals surface area contributed by atoms with Gasteiger partial charge in [-0.25, -0.2) is 0 Å². The number of rotatable bonds is 1. The maximum atomic E-state index is 5.41. The molecule has 2 N–H and O–H groups in total. The molecule has 0 atom stereocenters. The lowest BCUT2D eigenvalue weighted by atomic mass is 10.6. The lowest BCUT2D eigenvalue weighted by Gasteiger charge is -1.85. The molecule has 0 radical (unpaired) electrons. The van der Waals surface area contributed by atoms with Crippen LogP contribution in [0.1, 0.15) is 10.8 Å². The molecule has 2 rings (SSSR count). The molecule has 2 heterocycles. The van der Waals surface area contributed by atoms with E-state index < -0.39 is 0 Å². The zero-order valence-electron chi connectivity index (χ0n) is 5.98. The van der Waals surface area contributed by atoms with Crippen LogP contribution < -0.4 is 5.73 Å². The first-order valence-electron chi connectivity index (χ1n) is 3.19. The predicted molar refractivity (Wildman–Crippen MR) is 41.3 cm³/mol. The summed E-state index contributed by atoms with van der Waals surface area (Å²) in [5, 5.41) is 12.9. The van der Waals surface area contributed by atoms with E-state index in [1.165, 1.54) is 11.3 Å². The maximum Gasteiger partial charge on any atom is 0.234 e. The molecule has 0 fully saturated rings. The number of hydrogen-bond donors (Lipinski definition) is 1. The van der Waals surface area contributed by atoms with Gasteiger partial charge in [0.15, 0.2) is 5.82 Å². The molecule has 2 aromatic rings. The van der Waals surface area contributed by atoms with Crippen LogP contribution in [0.2, 0.25) is 0 Å². The fraction of sp³-hybridized carbons (Fsp3) is 0.400. The lowest BCUT2D eigenvalue weighted by molar-refractivity contribution is 0.810. The minimum atomic E-state index is 0.379. The predicted octanol–water partition coefficient (Wildman–Crippen LogP) is -0.0471. The SMILES string of the molecule is Cc1nn2c(CN)nnc2s1. The van der Waals surface area contributed by atoms with Gasteiger partial charge in [-0.2, -0.15) is 9.61 Å². The van der Waals surface area contributed by atoms with Gasteiger partial charge >= 0.3 is 0 Å². The first kappa shape index (κ1) is 6.68. The Bertz CT molecular complexity index is 375. The van der Waals surface area contributed by atoms with Crippen LogP contribution >= 0.6 is 11.3 Å². The van der Waals surface area contributed by atoms with Gasteiger partial charge in [0.2, 0.25) is 4.96 Å². The molecule has 2 aromatic heterocycles. The van der Waals surface area contributed by atoms with Crippen molar-refractivity contribution in [3.8, 4) is 0 Å². The lowest BCUT2D eigenvalue weighted by Crippen LogP contribution is -2.03. The Hall–Kier alpha value is -1.01. The Morgan fingerprint density at radius 1 is 1.55 bits per heavy atom. The van der Waals surface area contributed by atoms with Crippen molar-refractivity contribution in [1.82, 2.24) is 19.8 Å². The van der Waals surface area contributed by atoms with E-state index in [0.29, 0.717) is 12.4 Å². The Morgan fingerprint density at radius 3 is 3.09 bits per heavy atom. The molecule has 5 nitrogen and oxygen atoms in total. The second-order valence-electron chi connectivity index (χ2n) is 2.14. The molecule has 11 heavy (non-hydrogen) atoms. The van der Waals surface area contributed by atoms with E-state index in [2.05, 4.69) is 15.3 Å². The number of aryl methyl sites for hydroxylation is 1. The van der Waals surface area contributed by atoms with Gasteiger partial charge in [0.25, 0.3) is 0 Å². The van der Waals surface area contributed by atoms with Gasteiger partial charge in [0.05, 0.1) is 6.54 Å². The summed E-state index contributed by atoms with van der Waals surface area (Å²) in [6.07, 6.45) is 0. The minimum Gasteiger partial charge on any atom is -0.324 e. The second kappa shape index (κ2) is 2.24. The molecule has 6 heteroatoms. The summed E-state index contributed by atoms with van der Waals surface area (Å²) in [7, 11) is 0. The number of fused-ring (bicyclic) bond motifs is 1. The van der Waals surface area contributed by atoms with E-state index in [1.54, 1.807) is 4.52 Å². The van der Waals surface area contributed by atoms with Crippen LogP contribution in [0.5, 0.6) is 0 Å². The second-order valence-corrected chi connectivity index (χ2v) is 3.30. The Morgan fingerprint density at radius 2 is 2.36 bits per heavy atom. The molecule has 0 aromatic carbocycles. The fourth-order valence-corrected chi connectivity index (χ4v) is 1.58. The highest BCUT2D eigenvalue weighted by atomic mass is 32.1. The summed E-state index contributed by atoms with van der Waals surface area (Å²) >= 11 is 1.51. The Kier molecular flexibility index (Phi) is 1.36. The monoisotopic (exact) mass is 169 g/mol. The molecule has 0 bridgehead atoms. The van der Waals surface area contributed by atoms with Gasteiger partial charge < -0.3 is 5.73 Å². The molecule has 0 saturated carbocycles. The zero-order valence-corrected chi connectivity index (χ0v) is 6.80. The van der Waals surface area contributed by atoms with E-state index in [-0.39, 0.29) is 0 Å². The van der Waals surface area contributed by atoms with Crippen molar-refractivity contribution in [3.63, 3.8) is 0 Å². The van der Waals surface area contributed by atoms with Crippen molar-refractivity contribution < 1.29 is 0 Å². The van der Waals surface area contributed by atoms with Crippen molar-refractivity contribution in [2.24, 2.45) is 5.73 Å². The molecule has 0 unspecified atom stereocenters. The normalized spacial score (nSPS) is 11.1. The molecule has 0 spiro atoms. The van der Waals surface area contributed by atoms with Crippen molar-refractivity contribution in [2.75, 3.05) is 0 Å². The van der Waals surface area contributed by atoms with Crippen molar-refractivity contribution >= 4 is 16.3 Å². The van der Waals surface area contributed by atoms with Gasteiger partial charge in [0.1, 0.15) is 5.01 Å². The van der Waals surface area contributed by atoms with Crippen LogP contribution in [0.3, 0.4) is 0 Å². The van der Waals surface area contributed by atoms with Gasteiger partial charge in [-0.15, -0.1) is 10.2 Å². The highest BCUT2D eigenvalue weighted by Gasteiger charge is 2.06. The van der Waals surface area contributed by atoms with Crippen molar-refractivity contribution in [2.45, 2.75) is 13.5 Å². The van der Waals surface area contributed by atoms with Crippen LogP contribution in [0.4, 0.5) is 0 Å². The zero-order chi connectivity index (χ0) is 7.84. The van der Waals surface area contributed by atoms with Crippen molar-refractivity contribution in [1.29, 1.82) is 0 Å². The molecule has 0 aliphatic heterocycles. The van der Waals surface area contributed by atoms with E-state index in [1.807, 2.05) is 6.92 Å². The first-order chi connectivity index (χ1) is 5.31. The standard InChI is InChI=1S/C5H7N5S/c1-3-9-10-4(2-6)7-8-5(10)11-3/h2,6H2,1H3. The minimum absolute atomic E-state index is 0.379. The van der Waals surface area contributed by atoms with E-state index in [0.717, 1.165) is 9.97 Å². The summed E-state index contributed by atoms with van der Waals surface area (Å²) in [5.41, 5.74) is 5.41. The summed E-state index contributed by atoms with van der Waals surface area (Å²) in [5.74, 6) is 0.712. The smallest absolute Gasteiger partial charge is 0.234 e. The third-order valence-electron chi connectivity index (χ3n) is 1.34. The fourth-order valence-electron chi connectivity index (χ4n) is 0.880. The van der Waals surface area contributed by atoms with Crippen LogP contribution in [0.25, 0.3) is 4.96 Å². The third kappa shape index (κ3) is 0.908. The quantitative estimate of drug-likeness (QED) is 0.650. The summed E-state index contributed by atoms with van der Waals surface area (Å²) < 4.78 is 1.68. The maximum absolute atomic E-state index is 5.41.